The van der Waals surface area contributed by atoms with E-state index < -0.39 is 0 Å². The summed E-state index contributed by atoms with van der Waals surface area (Å²) in [6, 6.07) is 8.46. The first-order chi connectivity index (χ1) is 12.1. The van der Waals surface area contributed by atoms with E-state index >= 15 is 0 Å². The molecule has 0 atom stereocenters. The SMILES string of the molecule is Cc1ccc(-c2noc(-c3c(-c4cccnc4)noc3C)n2)cc1F. The molecule has 0 unspecified atom stereocenters. The smallest absolute Gasteiger partial charge is 0.264 e. The second-order valence-electron chi connectivity index (χ2n) is 5.59. The van der Waals surface area contributed by atoms with E-state index in [4.69, 9.17) is 9.05 Å². The number of pyridine rings is 1. The van der Waals surface area contributed by atoms with E-state index in [9.17, 15) is 4.39 Å². The molecule has 0 fully saturated rings. The number of hydrogen-bond donors (Lipinski definition) is 0. The Hall–Kier alpha value is -3.35. The second-order valence-corrected chi connectivity index (χ2v) is 5.59. The molecule has 0 amide bonds. The summed E-state index contributed by atoms with van der Waals surface area (Å²) in [6.45, 7) is 3.46. The van der Waals surface area contributed by atoms with Crippen LogP contribution in [0.1, 0.15) is 11.3 Å². The molecule has 0 bridgehead atoms. The zero-order valence-corrected chi connectivity index (χ0v) is 13.5. The average Bonchev–Trinajstić information content (AvgIpc) is 3.24. The van der Waals surface area contributed by atoms with Crippen molar-refractivity contribution >= 4 is 0 Å². The first kappa shape index (κ1) is 15.2. The Balaban J connectivity index is 1.79. The lowest BCUT2D eigenvalue weighted by molar-refractivity contribution is 0.397. The lowest BCUT2D eigenvalue weighted by atomic mass is 10.1. The van der Waals surface area contributed by atoms with Gasteiger partial charge in [-0.1, -0.05) is 22.4 Å². The molecule has 25 heavy (non-hydrogen) atoms. The molecule has 0 aliphatic rings. The zero-order chi connectivity index (χ0) is 17.4. The van der Waals surface area contributed by atoms with Crippen LogP contribution in [0.25, 0.3) is 34.1 Å². The molecule has 6 nitrogen and oxygen atoms in total. The summed E-state index contributed by atoms with van der Waals surface area (Å²) in [5, 5.41) is 8.02. The molecule has 3 aromatic heterocycles. The van der Waals surface area contributed by atoms with Crippen molar-refractivity contribution in [3.63, 3.8) is 0 Å². The van der Waals surface area contributed by atoms with Gasteiger partial charge in [-0.05, 0) is 37.6 Å². The van der Waals surface area contributed by atoms with E-state index in [1.807, 2.05) is 6.07 Å². The minimum atomic E-state index is -0.318. The fourth-order valence-electron chi connectivity index (χ4n) is 2.50. The average molecular weight is 336 g/mol. The van der Waals surface area contributed by atoms with Gasteiger partial charge in [0.15, 0.2) is 0 Å². The lowest BCUT2D eigenvalue weighted by Crippen LogP contribution is -1.87. The second kappa shape index (κ2) is 5.94. The number of halogens is 1. The molecule has 0 aliphatic carbocycles. The summed E-state index contributed by atoms with van der Waals surface area (Å²) in [6.07, 6.45) is 3.35. The van der Waals surface area contributed by atoms with E-state index in [1.54, 1.807) is 44.4 Å². The molecule has 0 spiro atoms. The lowest BCUT2D eigenvalue weighted by Gasteiger charge is -1.98. The molecule has 0 saturated carbocycles. The van der Waals surface area contributed by atoms with Gasteiger partial charge < -0.3 is 9.05 Å². The van der Waals surface area contributed by atoms with Gasteiger partial charge in [-0.15, -0.1) is 0 Å². The van der Waals surface area contributed by atoms with Crippen molar-refractivity contribution in [3.8, 4) is 34.1 Å². The van der Waals surface area contributed by atoms with Gasteiger partial charge in [-0.2, -0.15) is 4.98 Å². The topological polar surface area (TPSA) is 77.8 Å². The Morgan fingerprint density at radius 2 is 1.88 bits per heavy atom. The van der Waals surface area contributed by atoms with Gasteiger partial charge >= 0.3 is 0 Å². The van der Waals surface area contributed by atoms with E-state index in [1.165, 1.54) is 6.07 Å². The molecule has 7 heteroatoms. The molecule has 0 N–H and O–H groups in total. The predicted octanol–water partition coefficient (Wildman–Crippen LogP) is 4.21. The molecule has 0 saturated heterocycles. The van der Waals surface area contributed by atoms with Gasteiger partial charge in [0.05, 0.1) is 0 Å². The van der Waals surface area contributed by atoms with Gasteiger partial charge in [0, 0.05) is 23.5 Å². The van der Waals surface area contributed by atoms with Crippen molar-refractivity contribution < 1.29 is 13.4 Å². The Morgan fingerprint density at radius 3 is 2.64 bits per heavy atom. The van der Waals surface area contributed by atoms with Crippen LogP contribution in [0.5, 0.6) is 0 Å². The third-order valence-corrected chi connectivity index (χ3v) is 3.87. The van der Waals surface area contributed by atoms with E-state index in [-0.39, 0.29) is 11.7 Å². The van der Waals surface area contributed by atoms with Crippen LogP contribution >= 0.6 is 0 Å². The first-order valence-corrected chi connectivity index (χ1v) is 7.61. The maximum atomic E-state index is 13.8. The summed E-state index contributed by atoms with van der Waals surface area (Å²) in [7, 11) is 0. The Labute approximate surface area is 142 Å². The first-order valence-electron chi connectivity index (χ1n) is 7.61. The van der Waals surface area contributed by atoms with Crippen molar-refractivity contribution in [1.29, 1.82) is 0 Å². The quantitative estimate of drug-likeness (QED) is 0.558. The largest absolute Gasteiger partial charge is 0.360 e. The summed E-state index contributed by atoms with van der Waals surface area (Å²) in [4.78, 5) is 8.46. The number of rotatable bonds is 3. The number of nitrogens with zero attached hydrogens (tertiary/aromatic N) is 4. The van der Waals surface area contributed by atoms with Crippen molar-refractivity contribution in [3.05, 3.63) is 59.9 Å². The summed E-state index contributed by atoms with van der Waals surface area (Å²) in [5.74, 6) is 0.783. The van der Waals surface area contributed by atoms with Gasteiger partial charge in [-0.25, -0.2) is 4.39 Å². The van der Waals surface area contributed by atoms with Crippen molar-refractivity contribution in [2.24, 2.45) is 0 Å². The number of aryl methyl sites for hydroxylation is 2. The molecule has 4 rings (SSSR count). The van der Waals surface area contributed by atoms with Crippen LogP contribution in [0.3, 0.4) is 0 Å². The summed E-state index contributed by atoms with van der Waals surface area (Å²) < 4.78 is 24.4. The van der Waals surface area contributed by atoms with E-state index in [0.29, 0.717) is 34.0 Å². The van der Waals surface area contributed by atoms with Crippen LogP contribution < -0.4 is 0 Å². The van der Waals surface area contributed by atoms with Crippen LogP contribution in [0.15, 0.2) is 51.8 Å². The molecular formula is C18H13FN4O2. The van der Waals surface area contributed by atoms with Crippen molar-refractivity contribution in [2.75, 3.05) is 0 Å². The van der Waals surface area contributed by atoms with Crippen LogP contribution in [0.4, 0.5) is 4.39 Å². The monoisotopic (exact) mass is 336 g/mol. The van der Waals surface area contributed by atoms with Crippen LogP contribution in [0, 0.1) is 19.7 Å². The Kier molecular flexibility index (Phi) is 3.61. The molecule has 124 valence electrons. The zero-order valence-electron chi connectivity index (χ0n) is 13.5. The van der Waals surface area contributed by atoms with Gasteiger partial charge in [0.1, 0.15) is 22.8 Å². The van der Waals surface area contributed by atoms with Crippen LogP contribution in [-0.4, -0.2) is 20.3 Å². The minimum Gasteiger partial charge on any atom is -0.360 e. The third-order valence-electron chi connectivity index (χ3n) is 3.87. The predicted molar refractivity (Wildman–Crippen MR) is 87.9 cm³/mol. The highest BCUT2D eigenvalue weighted by Gasteiger charge is 2.22. The molecule has 0 aliphatic heterocycles. The maximum Gasteiger partial charge on any atom is 0.264 e. The van der Waals surface area contributed by atoms with Crippen molar-refractivity contribution in [1.82, 2.24) is 20.3 Å². The fraction of sp³-hybridized carbons (Fsp3) is 0.111. The highest BCUT2D eigenvalue weighted by molar-refractivity contribution is 5.78. The molecule has 1 aromatic carbocycles. The highest BCUT2D eigenvalue weighted by Crippen LogP contribution is 2.34. The summed E-state index contributed by atoms with van der Waals surface area (Å²) >= 11 is 0. The Morgan fingerprint density at radius 1 is 1.00 bits per heavy atom. The maximum absolute atomic E-state index is 13.8. The molecule has 0 radical (unpaired) electrons. The minimum absolute atomic E-state index is 0.258. The fourth-order valence-corrected chi connectivity index (χ4v) is 2.50. The van der Waals surface area contributed by atoms with Gasteiger partial charge in [0.25, 0.3) is 5.89 Å². The Bertz CT molecular complexity index is 1040. The van der Waals surface area contributed by atoms with E-state index in [2.05, 4.69) is 20.3 Å². The molecule has 3 heterocycles. The van der Waals surface area contributed by atoms with Gasteiger partial charge in [0.2, 0.25) is 5.82 Å². The van der Waals surface area contributed by atoms with Crippen molar-refractivity contribution in [2.45, 2.75) is 13.8 Å². The normalized spacial score (nSPS) is 11.0. The highest BCUT2D eigenvalue weighted by atomic mass is 19.1. The standard InChI is InChI=1S/C18H13FN4O2/c1-10-5-6-12(8-14(10)19)17-21-18(25-23-17)15-11(2)24-22-16(15)13-4-3-7-20-9-13/h3-9H,1-2H3. The number of aromatic nitrogens is 4. The molecule has 4 aromatic rings. The van der Waals surface area contributed by atoms with Gasteiger partial charge in [-0.3, -0.25) is 4.98 Å². The van der Waals surface area contributed by atoms with E-state index in [0.717, 1.165) is 5.56 Å². The third kappa shape index (κ3) is 2.69. The summed E-state index contributed by atoms with van der Waals surface area (Å²) in [5.41, 5.74) is 3.03. The van der Waals surface area contributed by atoms with Crippen LogP contribution in [0.2, 0.25) is 0 Å². The number of hydrogen-bond acceptors (Lipinski definition) is 6. The number of benzene rings is 1. The van der Waals surface area contributed by atoms with Crippen LogP contribution in [-0.2, 0) is 0 Å². The molecular weight excluding hydrogens is 323 g/mol.